The number of ether oxygens (including phenoxy) is 3. The fourth-order valence-electron chi connectivity index (χ4n) is 16.1. The lowest BCUT2D eigenvalue weighted by molar-refractivity contribution is -0.138. The summed E-state index contributed by atoms with van der Waals surface area (Å²) in [4.78, 5) is 11.1. The molecule has 24 rings (SSSR count). The molecule has 0 aliphatic carbocycles. The molecule has 0 saturated carbocycles. The Hall–Kier alpha value is -13.8. The molecule has 0 unspecified atom stereocenters. The summed E-state index contributed by atoms with van der Waals surface area (Å²) in [6.45, 7) is 0. The van der Waals surface area contributed by atoms with Crippen molar-refractivity contribution in [3.05, 3.63) is 471 Å². The molecular formula is C110H70F12O3S6+6. The number of para-hydroxylation sites is 6. The molecule has 3 nitrogen and oxygen atoms in total. The number of thiophene rings is 3. The van der Waals surface area contributed by atoms with Crippen LogP contribution < -0.4 is 14.2 Å². The summed E-state index contributed by atoms with van der Waals surface area (Å²) in [6, 6.07) is 128. The zero-order valence-electron chi connectivity index (χ0n) is 68.6. The predicted octanol–water partition coefficient (Wildman–Crippen LogP) is 34.7. The van der Waals surface area contributed by atoms with E-state index >= 15 is 0 Å². The van der Waals surface area contributed by atoms with Crippen molar-refractivity contribution in [3.63, 3.8) is 0 Å². The lowest BCUT2D eigenvalue weighted by Crippen LogP contribution is -2.13. The monoisotopic (exact) mass is 1860 g/mol. The number of hydrogen-bond donors (Lipinski definition) is 0. The van der Waals surface area contributed by atoms with Crippen LogP contribution >= 0.6 is 31.4 Å². The van der Waals surface area contributed by atoms with E-state index < -0.39 is 79.0 Å². The van der Waals surface area contributed by atoms with Crippen LogP contribution in [0.5, 0.6) is 34.5 Å². The molecule has 0 spiro atoms. The Bertz CT molecular complexity index is 7490. The molecule has 6 heterocycles. The van der Waals surface area contributed by atoms with Gasteiger partial charge in [-0.3, -0.25) is 0 Å². The molecule has 18 aromatic carbocycles. The largest absolute Gasteiger partial charge is 0.447 e. The highest BCUT2D eigenvalue weighted by atomic mass is 32.2. The van der Waals surface area contributed by atoms with E-state index in [0.29, 0.717) is 9.79 Å². The summed E-state index contributed by atoms with van der Waals surface area (Å²) in [7, 11) is -2.38. The summed E-state index contributed by atoms with van der Waals surface area (Å²) >= 11 is 0. The highest BCUT2D eigenvalue weighted by Crippen LogP contribution is 2.55. The molecule has 21 heteroatoms. The molecule has 642 valence electrons. The second-order valence-corrected chi connectivity index (χ2v) is 41.8. The van der Waals surface area contributed by atoms with E-state index in [2.05, 4.69) is 97.1 Å². The third-order valence-corrected chi connectivity index (χ3v) is 35.4. The van der Waals surface area contributed by atoms with Crippen LogP contribution in [0.25, 0.3) is 75.2 Å². The zero-order valence-corrected chi connectivity index (χ0v) is 73.5. The fourth-order valence-corrected chi connectivity index (χ4v) is 30.0. The fraction of sp³-hybridized carbons (Fsp3) is 0.0182. The van der Waals surface area contributed by atoms with E-state index in [0.717, 1.165) is 128 Å². The number of rotatable bonds is 6. The van der Waals surface area contributed by atoms with Crippen molar-refractivity contribution in [2.24, 2.45) is 0 Å². The van der Waals surface area contributed by atoms with Crippen molar-refractivity contribution in [2.45, 2.75) is 56.4 Å². The molecule has 3 aromatic heterocycles. The minimum absolute atomic E-state index is 0.170. The van der Waals surface area contributed by atoms with E-state index in [1.165, 1.54) is 88.9 Å². The summed E-state index contributed by atoms with van der Waals surface area (Å²) < 4.78 is 184. The van der Waals surface area contributed by atoms with E-state index in [1.807, 2.05) is 206 Å². The molecule has 131 heavy (non-hydrogen) atoms. The van der Waals surface area contributed by atoms with E-state index in [4.69, 9.17) is 14.2 Å². The topological polar surface area (TPSA) is 27.7 Å². The molecule has 0 amide bonds. The molecule has 3 aliphatic rings. The van der Waals surface area contributed by atoms with Gasteiger partial charge in [0.05, 0.1) is 11.1 Å². The van der Waals surface area contributed by atoms with E-state index in [-0.39, 0.29) is 43.5 Å². The maximum atomic E-state index is 13.7. The van der Waals surface area contributed by atoms with Crippen LogP contribution in [0.2, 0.25) is 0 Å². The van der Waals surface area contributed by atoms with Crippen molar-refractivity contribution in [1.29, 1.82) is 0 Å². The average Bonchev–Trinajstić information content (AvgIpc) is 1.75. The van der Waals surface area contributed by atoms with Crippen LogP contribution in [-0.4, -0.2) is 0 Å². The predicted molar refractivity (Wildman–Crippen MR) is 510 cm³/mol. The number of halogens is 12. The summed E-state index contributed by atoms with van der Waals surface area (Å²) in [5.74, 6) is 2.10. The van der Waals surface area contributed by atoms with Gasteiger partial charge in [0.25, 0.3) is 0 Å². The van der Waals surface area contributed by atoms with E-state index in [1.54, 1.807) is 48.5 Å². The Balaban J connectivity index is 0.000000102. The van der Waals surface area contributed by atoms with Gasteiger partial charge in [0.15, 0.2) is 92.1 Å². The van der Waals surface area contributed by atoms with Gasteiger partial charge in [0.1, 0.15) is 67.6 Å². The van der Waals surface area contributed by atoms with Crippen molar-refractivity contribution in [1.82, 2.24) is 0 Å². The Morgan fingerprint density at radius 1 is 0.168 bits per heavy atom. The summed E-state index contributed by atoms with van der Waals surface area (Å²) in [6.07, 6.45) is -8.62. The lowest BCUT2D eigenvalue weighted by atomic mass is 10.2. The number of fused-ring (bicyclic) bond motifs is 15. The minimum Gasteiger partial charge on any atom is -0.447 e. The molecule has 0 atom stereocenters. The molecule has 0 fully saturated rings. The van der Waals surface area contributed by atoms with Crippen molar-refractivity contribution in [3.8, 4) is 49.2 Å². The summed E-state index contributed by atoms with van der Waals surface area (Å²) in [5, 5.41) is 7.20. The van der Waals surface area contributed by atoms with Crippen LogP contribution in [0.1, 0.15) is 11.1 Å². The lowest BCUT2D eigenvalue weighted by Gasteiger charge is -2.19. The van der Waals surface area contributed by atoms with Gasteiger partial charge >= 0.3 is 12.4 Å². The molecule has 21 aromatic rings. The van der Waals surface area contributed by atoms with Gasteiger partial charge in [-0.1, -0.05) is 158 Å². The highest BCUT2D eigenvalue weighted by molar-refractivity contribution is 7.98. The maximum Gasteiger partial charge on any atom is 0.416 e. The summed E-state index contributed by atoms with van der Waals surface area (Å²) in [5.41, 5.74) is -1.24. The minimum atomic E-state index is -4.33. The molecule has 0 N–H and O–H groups in total. The van der Waals surface area contributed by atoms with Crippen LogP contribution in [0.15, 0.2) is 469 Å². The second kappa shape index (κ2) is 37.4. The highest BCUT2D eigenvalue weighted by Gasteiger charge is 2.44. The van der Waals surface area contributed by atoms with Crippen LogP contribution in [0.3, 0.4) is 0 Å². The van der Waals surface area contributed by atoms with Gasteiger partial charge in [0.2, 0.25) is 29.4 Å². The molecular weight excluding hydrogens is 1790 g/mol. The van der Waals surface area contributed by atoms with E-state index in [9.17, 15) is 52.7 Å². The first kappa shape index (κ1) is 86.6. The molecule has 3 aliphatic heterocycles. The normalized spacial score (nSPS) is 12.5. The van der Waals surface area contributed by atoms with Crippen LogP contribution in [0, 0.1) is 34.9 Å². The SMILES string of the molecule is FC(F)(F)c1ccc(-[s+]2c3ccccc3c3ccccc32)cc1.FC(F)(F)c1ccc([S+]2c3ccccc3Oc3ccccc32)cc1.Fc1cc(F)cc(-[s+]2c3ccccc3c3ccccc32)c1.Fc1cc(F)cc([S+]2c3ccccc3Oc3ccccc32)c1.Fc1cccc(-[s+]2c3ccccc3c3ccccc32)c1.Fc1cccc([S+]2c3ccccc3Oc3ccccc32)c1. The third-order valence-electron chi connectivity index (χ3n) is 21.6. The first-order valence-corrected chi connectivity index (χ1v) is 48.4. The molecule has 0 bridgehead atoms. The Kier molecular flexibility index (Phi) is 24.7. The number of alkyl halides is 6. The Morgan fingerprint density at radius 2 is 0.389 bits per heavy atom. The number of benzene rings is 18. The zero-order chi connectivity index (χ0) is 90.0. The van der Waals surface area contributed by atoms with Gasteiger partial charge in [-0.2, -0.15) is 26.3 Å². The Morgan fingerprint density at radius 3 is 0.687 bits per heavy atom. The van der Waals surface area contributed by atoms with Crippen LogP contribution in [-0.2, 0) is 45.0 Å². The first-order chi connectivity index (χ1) is 63.7. The maximum absolute atomic E-state index is 13.7. The average molecular weight is 1860 g/mol. The van der Waals surface area contributed by atoms with Gasteiger partial charge < -0.3 is 14.2 Å². The first-order valence-electron chi connectivity index (χ1n) is 41.1. The molecule has 0 radical (unpaired) electrons. The second-order valence-electron chi connectivity index (χ2n) is 30.0. The Labute approximate surface area is 761 Å². The van der Waals surface area contributed by atoms with Gasteiger partial charge in [0, 0.05) is 112 Å². The third kappa shape index (κ3) is 18.0. The van der Waals surface area contributed by atoms with Gasteiger partial charge in [-0.15, -0.1) is 0 Å². The number of hydrogen-bond acceptors (Lipinski definition) is 3. The van der Waals surface area contributed by atoms with Crippen LogP contribution in [0.4, 0.5) is 52.7 Å². The quantitative estimate of drug-likeness (QED) is 0.123. The van der Waals surface area contributed by atoms with Crippen molar-refractivity contribution in [2.75, 3.05) is 0 Å². The smallest absolute Gasteiger partial charge is 0.416 e. The van der Waals surface area contributed by atoms with Crippen molar-refractivity contribution >= 4 is 125 Å². The van der Waals surface area contributed by atoms with Gasteiger partial charge in [-0.25, -0.2) is 26.3 Å². The molecule has 0 saturated heterocycles. The van der Waals surface area contributed by atoms with Gasteiger partial charge in [-0.05, 0) is 218 Å². The van der Waals surface area contributed by atoms with Crippen molar-refractivity contribution < 1.29 is 66.9 Å². The standard InChI is InChI=1S/C19H12F3OS.C19H12F3S.C18H11F2OS.C18H11F2S.C18H12FOS.C18H12FS/c20-19(21,22)13-9-11-14(12-10-13)24-17-7-3-1-5-15(17)23-16-6-2-4-8-18(16)24;20-19(21,22)13-9-11-14(12-10-13)23-17-7-3-1-5-15(17)16-6-2-4-8-18(16)23;19-12-9-13(20)11-14(10-12)22-17-7-3-1-5-15(17)21-16-6-2-4-8-18(16)22;19-12-9-13(20)11-14(10-12)21-17-7-3-1-5-15(17)16-6-2-4-8-18(16)21;19-13-6-5-7-14(12-13)21-17-10-3-1-8-15(17)20-16-9-2-4-11-18(16)21;19-13-6-5-7-14(12-13)20-17-10-3-1-8-15(17)16-9-2-4-11-18(16)20/h1-12H;1-12H;1-11H;1-11H;1-12H;1-12H/q6*+1.